The zero-order chi connectivity index (χ0) is 17.9. The van der Waals surface area contributed by atoms with E-state index in [0.717, 1.165) is 36.1 Å². The standard InChI is InChI=1S/C20H20ClN3O2/c21-14-7-1-4-11-18(14)26-12-19(25)22-15-10-5-6-13(15)20-23-16-8-2-3-9-17(16)24-20/h1-4,7-9,11,13,15H,5-6,10,12H2,(H,22,25)(H,23,24). The molecule has 5 nitrogen and oxygen atoms in total. The molecule has 2 aromatic carbocycles. The number of halogens is 1. The number of hydrogen-bond acceptors (Lipinski definition) is 3. The van der Waals surface area contributed by atoms with Crippen LogP contribution in [0.3, 0.4) is 0 Å². The number of nitrogens with one attached hydrogen (secondary N) is 2. The number of amides is 1. The summed E-state index contributed by atoms with van der Waals surface area (Å²) in [6.45, 7) is -0.0485. The average molecular weight is 370 g/mol. The number of carbonyl (C=O) groups excluding carboxylic acids is 1. The second-order valence-corrected chi connectivity index (χ2v) is 6.98. The highest BCUT2D eigenvalue weighted by atomic mass is 35.5. The Morgan fingerprint density at radius 3 is 2.85 bits per heavy atom. The van der Waals surface area contributed by atoms with Gasteiger partial charge in [0.2, 0.25) is 0 Å². The van der Waals surface area contributed by atoms with Crippen molar-refractivity contribution < 1.29 is 9.53 Å². The molecule has 1 heterocycles. The summed E-state index contributed by atoms with van der Waals surface area (Å²) in [6, 6.07) is 15.2. The van der Waals surface area contributed by atoms with E-state index in [9.17, 15) is 4.79 Å². The second kappa shape index (κ2) is 7.38. The van der Waals surface area contributed by atoms with Crippen LogP contribution in [0.5, 0.6) is 5.75 Å². The maximum Gasteiger partial charge on any atom is 0.258 e. The predicted octanol–water partition coefficient (Wildman–Crippen LogP) is 4.05. The number of imidazole rings is 1. The molecule has 26 heavy (non-hydrogen) atoms. The monoisotopic (exact) mass is 369 g/mol. The fourth-order valence-corrected chi connectivity index (χ4v) is 3.75. The molecular formula is C20H20ClN3O2. The summed E-state index contributed by atoms with van der Waals surface area (Å²) in [5.74, 6) is 1.52. The first kappa shape index (κ1) is 16.9. The van der Waals surface area contributed by atoms with Gasteiger partial charge in [0.1, 0.15) is 11.6 Å². The quantitative estimate of drug-likeness (QED) is 0.713. The lowest BCUT2D eigenvalue weighted by Gasteiger charge is -2.19. The van der Waals surface area contributed by atoms with Crippen molar-refractivity contribution in [1.82, 2.24) is 15.3 Å². The topological polar surface area (TPSA) is 67.0 Å². The van der Waals surface area contributed by atoms with Gasteiger partial charge in [-0.15, -0.1) is 0 Å². The molecule has 1 aliphatic carbocycles. The van der Waals surface area contributed by atoms with Gasteiger partial charge in [0, 0.05) is 12.0 Å². The lowest BCUT2D eigenvalue weighted by Crippen LogP contribution is -2.39. The van der Waals surface area contributed by atoms with Gasteiger partial charge in [0.15, 0.2) is 6.61 Å². The first-order valence-electron chi connectivity index (χ1n) is 8.82. The van der Waals surface area contributed by atoms with E-state index in [-0.39, 0.29) is 24.5 Å². The number of H-pyrrole nitrogens is 1. The fourth-order valence-electron chi connectivity index (χ4n) is 3.56. The molecule has 0 spiro atoms. The molecule has 3 aromatic rings. The molecule has 4 rings (SSSR count). The van der Waals surface area contributed by atoms with Crippen molar-refractivity contribution >= 4 is 28.5 Å². The number of benzene rings is 2. The largest absolute Gasteiger partial charge is 0.482 e. The number of hydrogen-bond donors (Lipinski definition) is 2. The summed E-state index contributed by atoms with van der Waals surface area (Å²) in [5, 5.41) is 3.60. The second-order valence-electron chi connectivity index (χ2n) is 6.57. The van der Waals surface area contributed by atoms with E-state index >= 15 is 0 Å². The van der Waals surface area contributed by atoms with Crippen molar-refractivity contribution in [2.75, 3.05) is 6.61 Å². The minimum absolute atomic E-state index is 0.0485. The van der Waals surface area contributed by atoms with Crippen LogP contribution in [0.15, 0.2) is 48.5 Å². The zero-order valence-corrected chi connectivity index (χ0v) is 15.0. The number of aromatic amines is 1. The summed E-state index contributed by atoms with van der Waals surface area (Å²) < 4.78 is 5.53. The minimum Gasteiger partial charge on any atom is -0.482 e. The van der Waals surface area contributed by atoms with Crippen molar-refractivity contribution in [3.63, 3.8) is 0 Å². The van der Waals surface area contributed by atoms with Crippen LogP contribution in [0.25, 0.3) is 11.0 Å². The molecule has 6 heteroatoms. The molecule has 1 saturated carbocycles. The number of fused-ring (bicyclic) bond motifs is 1. The maximum absolute atomic E-state index is 12.3. The molecule has 2 N–H and O–H groups in total. The Morgan fingerprint density at radius 2 is 2.00 bits per heavy atom. The molecule has 134 valence electrons. The van der Waals surface area contributed by atoms with Crippen LogP contribution in [0, 0.1) is 0 Å². The molecule has 0 saturated heterocycles. The van der Waals surface area contributed by atoms with Crippen LogP contribution in [0.1, 0.15) is 31.0 Å². The number of rotatable bonds is 5. The summed E-state index contributed by atoms with van der Waals surface area (Å²) in [4.78, 5) is 20.4. The van der Waals surface area contributed by atoms with Gasteiger partial charge < -0.3 is 15.0 Å². The summed E-state index contributed by atoms with van der Waals surface area (Å²) in [6.07, 6.45) is 3.02. The van der Waals surface area contributed by atoms with Gasteiger partial charge in [-0.25, -0.2) is 4.98 Å². The van der Waals surface area contributed by atoms with Crippen LogP contribution in [0.2, 0.25) is 5.02 Å². The first-order valence-corrected chi connectivity index (χ1v) is 9.20. The van der Waals surface area contributed by atoms with E-state index in [1.165, 1.54) is 0 Å². The molecule has 0 bridgehead atoms. The van der Waals surface area contributed by atoms with Crippen molar-refractivity contribution in [1.29, 1.82) is 0 Å². The van der Waals surface area contributed by atoms with E-state index in [4.69, 9.17) is 21.3 Å². The molecule has 1 fully saturated rings. The van der Waals surface area contributed by atoms with Crippen LogP contribution in [0.4, 0.5) is 0 Å². The summed E-state index contributed by atoms with van der Waals surface area (Å²) >= 11 is 6.05. The third-order valence-corrected chi connectivity index (χ3v) is 5.13. The lowest BCUT2D eigenvalue weighted by atomic mass is 10.0. The molecule has 0 radical (unpaired) electrons. The van der Waals surface area contributed by atoms with E-state index in [2.05, 4.69) is 10.3 Å². The van der Waals surface area contributed by atoms with Gasteiger partial charge in [-0.1, -0.05) is 42.3 Å². The number of carbonyl (C=O) groups is 1. The molecule has 1 aliphatic rings. The smallest absolute Gasteiger partial charge is 0.258 e. The fraction of sp³-hybridized carbons (Fsp3) is 0.300. The highest BCUT2D eigenvalue weighted by Crippen LogP contribution is 2.34. The van der Waals surface area contributed by atoms with E-state index < -0.39 is 0 Å². The van der Waals surface area contributed by atoms with Gasteiger partial charge in [0.05, 0.1) is 16.1 Å². The number of ether oxygens (including phenoxy) is 1. The van der Waals surface area contributed by atoms with Crippen LogP contribution < -0.4 is 10.1 Å². The van der Waals surface area contributed by atoms with Gasteiger partial charge in [0.25, 0.3) is 5.91 Å². The SMILES string of the molecule is O=C(COc1ccccc1Cl)NC1CCCC1c1nc2ccccc2[nH]1. The highest BCUT2D eigenvalue weighted by Gasteiger charge is 2.32. The molecular weight excluding hydrogens is 350 g/mol. The average Bonchev–Trinajstić information content (AvgIpc) is 3.27. The van der Waals surface area contributed by atoms with Gasteiger partial charge in [-0.2, -0.15) is 0 Å². The van der Waals surface area contributed by atoms with Crippen LogP contribution in [-0.2, 0) is 4.79 Å². The first-order chi connectivity index (χ1) is 12.7. The third kappa shape index (κ3) is 3.53. The Labute approximate surface area is 156 Å². The minimum atomic E-state index is -0.141. The lowest BCUT2D eigenvalue weighted by molar-refractivity contribution is -0.123. The van der Waals surface area contributed by atoms with Crippen molar-refractivity contribution in [2.24, 2.45) is 0 Å². The molecule has 0 aliphatic heterocycles. The van der Waals surface area contributed by atoms with E-state index in [0.29, 0.717) is 10.8 Å². The van der Waals surface area contributed by atoms with Gasteiger partial charge in [-0.05, 0) is 37.1 Å². The van der Waals surface area contributed by atoms with Gasteiger partial charge >= 0.3 is 0 Å². The summed E-state index contributed by atoms with van der Waals surface area (Å²) in [7, 11) is 0. The maximum atomic E-state index is 12.3. The Bertz CT molecular complexity index is 891. The third-order valence-electron chi connectivity index (χ3n) is 4.82. The van der Waals surface area contributed by atoms with E-state index in [1.807, 2.05) is 36.4 Å². The molecule has 1 amide bonds. The zero-order valence-electron chi connectivity index (χ0n) is 14.2. The Balaban J connectivity index is 1.40. The number of nitrogens with zero attached hydrogens (tertiary/aromatic N) is 1. The Hall–Kier alpha value is -2.53. The Kier molecular flexibility index (Phi) is 4.80. The number of aromatic nitrogens is 2. The summed E-state index contributed by atoms with van der Waals surface area (Å²) in [5.41, 5.74) is 1.99. The predicted molar refractivity (Wildman–Crippen MR) is 102 cm³/mol. The molecule has 2 atom stereocenters. The van der Waals surface area contributed by atoms with Crippen LogP contribution >= 0.6 is 11.6 Å². The van der Waals surface area contributed by atoms with Crippen molar-refractivity contribution in [3.8, 4) is 5.75 Å². The molecule has 2 unspecified atom stereocenters. The van der Waals surface area contributed by atoms with Crippen molar-refractivity contribution in [3.05, 3.63) is 59.4 Å². The number of para-hydroxylation sites is 3. The Morgan fingerprint density at radius 1 is 1.19 bits per heavy atom. The van der Waals surface area contributed by atoms with Gasteiger partial charge in [-0.3, -0.25) is 4.79 Å². The molecule has 1 aromatic heterocycles. The highest BCUT2D eigenvalue weighted by molar-refractivity contribution is 6.32. The van der Waals surface area contributed by atoms with Crippen LogP contribution in [-0.4, -0.2) is 28.5 Å². The van der Waals surface area contributed by atoms with E-state index in [1.54, 1.807) is 12.1 Å². The normalized spacial score (nSPS) is 19.6. The van der Waals surface area contributed by atoms with Crippen molar-refractivity contribution in [2.45, 2.75) is 31.2 Å².